The molecule has 0 fully saturated rings. The van der Waals surface area contributed by atoms with Crippen LogP contribution in [0.25, 0.3) is 0 Å². The summed E-state index contributed by atoms with van der Waals surface area (Å²) in [5.41, 5.74) is 0.528. The third kappa shape index (κ3) is 3.30. The van der Waals surface area contributed by atoms with E-state index < -0.39 is 5.41 Å². The molecular formula is C13H16N2O2. The van der Waals surface area contributed by atoms with E-state index in [9.17, 15) is 4.79 Å². The second-order valence-electron chi connectivity index (χ2n) is 4.28. The summed E-state index contributed by atoms with van der Waals surface area (Å²) in [5.74, 6) is -0.316. The lowest BCUT2D eigenvalue weighted by Crippen LogP contribution is -2.29. The Morgan fingerprint density at radius 2 is 2.12 bits per heavy atom. The predicted molar refractivity (Wildman–Crippen MR) is 65.2 cm³/mol. The smallest absolute Gasteiger partial charge is 0.244 e. The van der Waals surface area contributed by atoms with Crippen molar-refractivity contribution in [2.75, 3.05) is 12.4 Å². The molecular weight excluding hydrogens is 216 g/mol. The molecule has 0 bridgehead atoms. The Balaban J connectivity index is 2.89. The van der Waals surface area contributed by atoms with Gasteiger partial charge in [-0.1, -0.05) is 18.2 Å². The normalized spacial score (nSPS) is 10.7. The maximum Gasteiger partial charge on any atom is 0.244 e. The fourth-order valence-electron chi connectivity index (χ4n) is 1.25. The Hall–Kier alpha value is -1.86. The molecule has 4 heteroatoms. The van der Waals surface area contributed by atoms with Crippen molar-refractivity contribution in [1.29, 1.82) is 5.26 Å². The maximum atomic E-state index is 11.8. The van der Waals surface area contributed by atoms with Gasteiger partial charge < -0.3 is 10.1 Å². The summed E-state index contributed by atoms with van der Waals surface area (Å²) < 4.78 is 5.05. The lowest BCUT2D eigenvalue weighted by molar-refractivity contribution is -0.121. The zero-order valence-corrected chi connectivity index (χ0v) is 10.3. The van der Waals surface area contributed by atoms with E-state index in [1.165, 1.54) is 0 Å². The van der Waals surface area contributed by atoms with E-state index >= 15 is 0 Å². The molecule has 0 aromatic heterocycles. The first-order valence-corrected chi connectivity index (χ1v) is 5.31. The van der Waals surface area contributed by atoms with Crippen LogP contribution >= 0.6 is 0 Å². The highest BCUT2D eigenvalue weighted by Crippen LogP contribution is 2.20. The molecule has 0 heterocycles. The van der Waals surface area contributed by atoms with Crippen LogP contribution < -0.4 is 5.32 Å². The first kappa shape index (κ1) is 13.2. The van der Waals surface area contributed by atoms with Crippen molar-refractivity contribution in [3.63, 3.8) is 0 Å². The highest BCUT2D eigenvalue weighted by molar-refractivity contribution is 5.97. The molecule has 0 saturated carbocycles. The summed E-state index contributed by atoms with van der Waals surface area (Å²) >= 11 is 0. The second-order valence-corrected chi connectivity index (χ2v) is 4.28. The van der Waals surface area contributed by atoms with E-state index in [0.29, 0.717) is 12.3 Å². The number of ether oxygens (including phenoxy) is 1. The van der Waals surface area contributed by atoms with Gasteiger partial charge in [0, 0.05) is 18.4 Å². The van der Waals surface area contributed by atoms with Gasteiger partial charge in [-0.3, -0.25) is 4.79 Å². The number of benzene rings is 1. The third-order valence-corrected chi connectivity index (χ3v) is 2.41. The van der Waals surface area contributed by atoms with Crippen LogP contribution in [0.15, 0.2) is 24.3 Å². The molecule has 0 radical (unpaired) electrons. The van der Waals surface area contributed by atoms with E-state index in [1.54, 1.807) is 27.0 Å². The topological polar surface area (TPSA) is 62.1 Å². The molecule has 1 rings (SSSR count). The molecule has 4 nitrogen and oxygen atoms in total. The number of hydrogen-bond donors (Lipinski definition) is 1. The van der Waals surface area contributed by atoms with E-state index in [0.717, 1.165) is 5.56 Å². The number of hydrogen-bond acceptors (Lipinski definition) is 3. The Morgan fingerprint density at radius 3 is 2.71 bits per heavy atom. The molecule has 0 unspecified atom stereocenters. The molecule has 0 spiro atoms. The van der Waals surface area contributed by atoms with E-state index in [1.807, 2.05) is 24.3 Å². The summed E-state index contributed by atoms with van der Waals surface area (Å²) in [5, 5.41) is 11.6. The van der Waals surface area contributed by atoms with Crippen LogP contribution in [0.4, 0.5) is 5.69 Å². The maximum absolute atomic E-state index is 11.8. The number of nitriles is 1. The molecule has 90 valence electrons. The summed E-state index contributed by atoms with van der Waals surface area (Å²) in [6.45, 7) is 3.59. The van der Waals surface area contributed by atoms with Gasteiger partial charge in [0.25, 0.3) is 0 Å². The molecule has 0 atom stereocenters. The van der Waals surface area contributed by atoms with E-state index in [-0.39, 0.29) is 5.91 Å². The molecule has 1 aromatic rings. The number of anilines is 1. The number of para-hydroxylation sites is 1. The van der Waals surface area contributed by atoms with Crippen LogP contribution in [0, 0.1) is 16.7 Å². The SMILES string of the molecule is COCc1ccccc1NC(=O)C(C)(C)C#N. The van der Waals surface area contributed by atoms with E-state index in [2.05, 4.69) is 5.32 Å². The summed E-state index contributed by atoms with van der Waals surface area (Å²) in [6, 6.07) is 9.34. The van der Waals surface area contributed by atoms with Crippen molar-refractivity contribution >= 4 is 11.6 Å². The standard InChI is InChI=1S/C13H16N2O2/c1-13(2,9-14)12(16)15-11-7-5-4-6-10(11)8-17-3/h4-7H,8H2,1-3H3,(H,15,16). The molecule has 1 amide bonds. The van der Waals surface area contributed by atoms with Gasteiger partial charge in [0.05, 0.1) is 12.7 Å². The van der Waals surface area contributed by atoms with Crippen molar-refractivity contribution in [2.24, 2.45) is 5.41 Å². The largest absolute Gasteiger partial charge is 0.380 e. The van der Waals surface area contributed by atoms with Gasteiger partial charge in [0.15, 0.2) is 0 Å². The van der Waals surface area contributed by atoms with Gasteiger partial charge in [0.2, 0.25) is 5.91 Å². The molecule has 0 aliphatic heterocycles. The fraction of sp³-hybridized carbons (Fsp3) is 0.385. The van der Waals surface area contributed by atoms with Gasteiger partial charge in [-0.25, -0.2) is 0 Å². The Morgan fingerprint density at radius 1 is 1.47 bits per heavy atom. The quantitative estimate of drug-likeness (QED) is 0.866. The van der Waals surface area contributed by atoms with Crippen LogP contribution in [-0.2, 0) is 16.1 Å². The Kier molecular flexibility index (Phi) is 4.24. The zero-order chi connectivity index (χ0) is 12.9. The number of rotatable bonds is 4. The van der Waals surface area contributed by atoms with Crippen LogP contribution in [-0.4, -0.2) is 13.0 Å². The second kappa shape index (κ2) is 5.46. The van der Waals surface area contributed by atoms with E-state index in [4.69, 9.17) is 10.00 Å². The van der Waals surface area contributed by atoms with Crippen molar-refractivity contribution in [3.05, 3.63) is 29.8 Å². The van der Waals surface area contributed by atoms with Crippen molar-refractivity contribution < 1.29 is 9.53 Å². The number of amides is 1. The Labute approximate surface area is 101 Å². The van der Waals surface area contributed by atoms with Gasteiger partial charge in [0.1, 0.15) is 5.41 Å². The predicted octanol–water partition coefficient (Wildman–Crippen LogP) is 2.32. The van der Waals surface area contributed by atoms with Crippen LogP contribution in [0.1, 0.15) is 19.4 Å². The average Bonchev–Trinajstić information content (AvgIpc) is 2.32. The van der Waals surface area contributed by atoms with Crippen LogP contribution in [0.2, 0.25) is 0 Å². The van der Waals surface area contributed by atoms with Gasteiger partial charge in [-0.05, 0) is 19.9 Å². The average molecular weight is 232 g/mol. The number of carbonyl (C=O) groups is 1. The van der Waals surface area contributed by atoms with Gasteiger partial charge in [-0.15, -0.1) is 0 Å². The first-order chi connectivity index (χ1) is 8.01. The fourth-order valence-corrected chi connectivity index (χ4v) is 1.25. The van der Waals surface area contributed by atoms with Crippen molar-refractivity contribution in [3.8, 4) is 6.07 Å². The Bertz CT molecular complexity index is 447. The summed E-state index contributed by atoms with van der Waals surface area (Å²) in [4.78, 5) is 11.8. The lowest BCUT2D eigenvalue weighted by Gasteiger charge is -2.17. The molecule has 1 aromatic carbocycles. The number of nitrogens with zero attached hydrogens (tertiary/aromatic N) is 1. The number of methoxy groups -OCH3 is 1. The van der Waals surface area contributed by atoms with Gasteiger partial charge in [-0.2, -0.15) is 5.26 Å². The minimum atomic E-state index is -1.04. The number of nitrogens with one attached hydrogen (secondary N) is 1. The molecule has 0 aliphatic carbocycles. The highest BCUT2D eigenvalue weighted by atomic mass is 16.5. The van der Waals surface area contributed by atoms with Crippen LogP contribution in [0.5, 0.6) is 0 Å². The summed E-state index contributed by atoms with van der Waals surface area (Å²) in [7, 11) is 1.60. The highest BCUT2D eigenvalue weighted by Gasteiger charge is 2.27. The van der Waals surface area contributed by atoms with Gasteiger partial charge >= 0.3 is 0 Å². The minimum Gasteiger partial charge on any atom is -0.380 e. The molecule has 0 aliphatic rings. The zero-order valence-electron chi connectivity index (χ0n) is 10.3. The minimum absolute atomic E-state index is 0.316. The van der Waals surface area contributed by atoms with Crippen molar-refractivity contribution in [2.45, 2.75) is 20.5 Å². The third-order valence-electron chi connectivity index (χ3n) is 2.41. The van der Waals surface area contributed by atoms with Crippen LogP contribution in [0.3, 0.4) is 0 Å². The summed E-state index contributed by atoms with van der Waals surface area (Å²) in [6.07, 6.45) is 0. The monoisotopic (exact) mass is 232 g/mol. The molecule has 0 saturated heterocycles. The lowest BCUT2D eigenvalue weighted by atomic mass is 9.94. The van der Waals surface area contributed by atoms with Crippen molar-refractivity contribution in [1.82, 2.24) is 0 Å². The first-order valence-electron chi connectivity index (χ1n) is 5.31. The molecule has 1 N–H and O–H groups in total. The number of carbonyl (C=O) groups excluding carboxylic acids is 1. The molecule has 17 heavy (non-hydrogen) atoms.